The van der Waals surface area contributed by atoms with Crippen LogP contribution in [-0.4, -0.2) is 49.6 Å². The Kier molecular flexibility index (Phi) is 7.23. The van der Waals surface area contributed by atoms with Crippen molar-refractivity contribution in [2.24, 2.45) is 0 Å². The first-order chi connectivity index (χ1) is 14.0. The van der Waals surface area contributed by atoms with Crippen molar-refractivity contribution < 1.29 is 9.53 Å². The van der Waals surface area contributed by atoms with E-state index in [-0.39, 0.29) is 5.91 Å². The third-order valence-electron chi connectivity index (χ3n) is 4.64. The van der Waals surface area contributed by atoms with E-state index in [0.29, 0.717) is 19.6 Å². The summed E-state index contributed by atoms with van der Waals surface area (Å²) in [6.07, 6.45) is 1.25. The van der Waals surface area contributed by atoms with E-state index in [1.165, 1.54) is 5.56 Å². The fourth-order valence-corrected chi connectivity index (χ4v) is 4.25. The van der Waals surface area contributed by atoms with Gasteiger partial charge in [0.05, 0.1) is 23.2 Å². The summed E-state index contributed by atoms with van der Waals surface area (Å²) in [4.78, 5) is 21.9. The van der Waals surface area contributed by atoms with Gasteiger partial charge in [-0.15, -0.1) is 0 Å². The number of hydrogen-bond acceptors (Lipinski definition) is 5. The normalized spacial score (nSPS) is 11.2. The van der Waals surface area contributed by atoms with E-state index in [1.807, 2.05) is 56.3 Å². The molecule has 0 aliphatic heterocycles. The number of benzene rings is 2. The molecule has 29 heavy (non-hydrogen) atoms. The first-order valence-electron chi connectivity index (χ1n) is 10.0. The molecular weight excluding hydrogens is 382 g/mol. The second kappa shape index (κ2) is 9.85. The molecule has 0 spiro atoms. The van der Waals surface area contributed by atoms with Crippen LogP contribution in [0.1, 0.15) is 24.5 Å². The van der Waals surface area contributed by atoms with Gasteiger partial charge in [-0.3, -0.25) is 9.69 Å². The van der Waals surface area contributed by atoms with Gasteiger partial charge in [-0.1, -0.05) is 29.5 Å². The van der Waals surface area contributed by atoms with Gasteiger partial charge in [0.2, 0.25) is 5.91 Å². The van der Waals surface area contributed by atoms with Gasteiger partial charge >= 0.3 is 0 Å². The van der Waals surface area contributed by atoms with Crippen LogP contribution in [0.2, 0.25) is 0 Å². The fraction of sp³-hybridized carbons (Fsp3) is 0.391. The van der Waals surface area contributed by atoms with Crippen LogP contribution in [0.4, 0.5) is 5.13 Å². The summed E-state index contributed by atoms with van der Waals surface area (Å²) in [5.74, 6) is 0.900. The van der Waals surface area contributed by atoms with E-state index in [0.717, 1.165) is 39.6 Å². The van der Waals surface area contributed by atoms with Crippen molar-refractivity contribution in [3.05, 3.63) is 53.6 Å². The lowest BCUT2D eigenvalue weighted by Crippen LogP contribution is -2.34. The molecule has 0 aliphatic rings. The Morgan fingerprint density at radius 2 is 1.86 bits per heavy atom. The second-order valence-corrected chi connectivity index (χ2v) is 8.43. The number of fused-ring (bicyclic) bond motifs is 1. The second-order valence-electron chi connectivity index (χ2n) is 7.42. The van der Waals surface area contributed by atoms with Gasteiger partial charge in [0.25, 0.3) is 0 Å². The number of carbonyl (C=O) groups excluding carboxylic acids is 1. The minimum absolute atomic E-state index is 0.0729. The lowest BCUT2D eigenvalue weighted by molar-refractivity contribution is -0.118. The molecule has 2 aromatic carbocycles. The summed E-state index contributed by atoms with van der Waals surface area (Å²) in [5.41, 5.74) is 3.13. The minimum Gasteiger partial charge on any atom is -0.494 e. The number of nitrogens with zero attached hydrogens (tertiary/aromatic N) is 3. The third kappa shape index (κ3) is 5.78. The summed E-state index contributed by atoms with van der Waals surface area (Å²) >= 11 is 1.59. The summed E-state index contributed by atoms with van der Waals surface area (Å²) in [6.45, 7) is 6.26. The zero-order valence-corrected chi connectivity index (χ0v) is 18.5. The van der Waals surface area contributed by atoms with Gasteiger partial charge in [0.15, 0.2) is 5.13 Å². The summed E-state index contributed by atoms with van der Waals surface area (Å²) in [6, 6.07) is 14.0. The van der Waals surface area contributed by atoms with E-state index in [9.17, 15) is 4.79 Å². The number of rotatable bonds is 9. The highest BCUT2D eigenvalue weighted by atomic mass is 32.1. The van der Waals surface area contributed by atoms with Crippen molar-refractivity contribution in [1.82, 2.24) is 9.88 Å². The number of hydrogen-bond donors (Lipinski definition) is 0. The lowest BCUT2D eigenvalue weighted by atomic mass is 10.1. The smallest absolute Gasteiger partial charge is 0.233 e. The van der Waals surface area contributed by atoms with Crippen LogP contribution in [0.5, 0.6) is 5.75 Å². The number of ether oxygens (including phenoxy) is 1. The topological polar surface area (TPSA) is 45.7 Å². The van der Waals surface area contributed by atoms with Crippen molar-refractivity contribution in [1.29, 1.82) is 0 Å². The van der Waals surface area contributed by atoms with E-state index < -0.39 is 0 Å². The highest BCUT2D eigenvalue weighted by molar-refractivity contribution is 7.22. The van der Waals surface area contributed by atoms with Gasteiger partial charge in [0.1, 0.15) is 5.75 Å². The van der Waals surface area contributed by atoms with E-state index >= 15 is 0 Å². The van der Waals surface area contributed by atoms with Crippen LogP contribution in [0.25, 0.3) is 10.2 Å². The molecule has 0 bridgehead atoms. The van der Waals surface area contributed by atoms with Crippen LogP contribution in [0.3, 0.4) is 0 Å². The maximum atomic E-state index is 13.2. The van der Waals surface area contributed by atoms with Crippen LogP contribution in [0.15, 0.2) is 42.5 Å². The molecule has 0 fully saturated rings. The van der Waals surface area contributed by atoms with Gasteiger partial charge in [-0.2, -0.15) is 0 Å². The van der Waals surface area contributed by atoms with Crippen LogP contribution in [-0.2, 0) is 11.2 Å². The maximum absolute atomic E-state index is 13.2. The average Bonchev–Trinajstić information content (AvgIpc) is 3.09. The average molecular weight is 412 g/mol. The summed E-state index contributed by atoms with van der Waals surface area (Å²) in [7, 11) is 4.10. The van der Waals surface area contributed by atoms with Crippen LogP contribution < -0.4 is 9.64 Å². The predicted octanol–water partition coefficient (Wildman–Crippen LogP) is 4.53. The quantitative estimate of drug-likeness (QED) is 0.519. The number of aryl methyl sites for hydroxylation is 1. The summed E-state index contributed by atoms with van der Waals surface area (Å²) in [5, 5.41) is 0.778. The van der Waals surface area contributed by atoms with Crippen molar-refractivity contribution in [2.45, 2.75) is 26.7 Å². The summed E-state index contributed by atoms with van der Waals surface area (Å²) < 4.78 is 6.61. The number of aromatic nitrogens is 1. The highest BCUT2D eigenvalue weighted by Crippen LogP contribution is 2.30. The molecular formula is C23H29N3O2S. The molecule has 154 valence electrons. The molecule has 1 heterocycles. The first kappa shape index (κ1) is 21.3. The van der Waals surface area contributed by atoms with Crippen molar-refractivity contribution >= 4 is 32.6 Å². The molecule has 0 N–H and O–H groups in total. The van der Waals surface area contributed by atoms with Crippen LogP contribution in [0, 0.1) is 6.92 Å². The monoisotopic (exact) mass is 411 g/mol. The number of thiazole rings is 1. The number of anilines is 1. The number of carbonyl (C=O) groups is 1. The van der Waals surface area contributed by atoms with Gasteiger partial charge in [-0.05, 0) is 76.3 Å². The minimum atomic E-state index is 0.0729. The highest BCUT2D eigenvalue weighted by Gasteiger charge is 2.20. The SMILES string of the molecule is CCOc1ccc(CC(=O)N(CCCN(C)C)c2nc3ccc(C)cc3s2)cc1. The number of amides is 1. The molecule has 0 aliphatic carbocycles. The molecule has 3 rings (SSSR count). The molecule has 0 saturated heterocycles. The van der Waals surface area contributed by atoms with Crippen molar-refractivity contribution in [3.8, 4) is 5.75 Å². The maximum Gasteiger partial charge on any atom is 0.233 e. The Morgan fingerprint density at radius 1 is 1.10 bits per heavy atom. The Bertz CT molecular complexity index is 950. The zero-order valence-electron chi connectivity index (χ0n) is 17.6. The first-order valence-corrected chi connectivity index (χ1v) is 10.8. The van der Waals surface area contributed by atoms with Crippen molar-refractivity contribution in [3.63, 3.8) is 0 Å². The van der Waals surface area contributed by atoms with Gasteiger partial charge < -0.3 is 9.64 Å². The Balaban J connectivity index is 1.80. The molecule has 3 aromatic rings. The molecule has 5 nitrogen and oxygen atoms in total. The molecule has 0 radical (unpaired) electrons. The Morgan fingerprint density at radius 3 is 2.55 bits per heavy atom. The molecule has 0 saturated carbocycles. The van der Waals surface area contributed by atoms with E-state index in [1.54, 1.807) is 11.3 Å². The molecule has 0 unspecified atom stereocenters. The predicted molar refractivity (Wildman–Crippen MR) is 121 cm³/mol. The standard InChI is InChI=1S/C23H29N3O2S/c1-5-28-19-10-8-18(9-11-19)16-22(27)26(14-6-13-25(3)4)23-24-20-12-7-17(2)15-21(20)29-23/h7-12,15H,5-6,13-14,16H2,1-4H3. The van der Waals surface area contributed by atoms with E-state index in [4.69, 9.17) is 9.72 Å². The molecule has 6 heteroatoms. The van der Waals surface area contributed by atoms with Gasteiger partial charge in [-0.25, -0.2) is 4.98 Å². The van der Waals surface area contributed by atoms with Gasteiger partial charge in [0, 0.05) is 6.54 Å². The molecule has 1 aromatic heterocycles. The molecule has 1 amide bonds. The Hall–Kier alpha value is -2.44. The zero-order chi connectivity index (χ0) is 20.8. The molecule has 0 atom stereocenters. The largest absolute Gasteiger partial charge is 0.494 e. The Labute approximate surface area is 176 Å². The van der Waals surface area contributed by atoms with E-state index in [2.05, 4.69) is 24.0 Å². The van der Waals surface area contributed by atoms with Crippen molar-refractivity contribution in [2.75, 3.05) is 38.7 Å². The van der Waals surface area contributed by atoms with Crippen LogP contribution >= 0.6 is 11.3 Å². The fourth-order valence-electron chi connectivity index (χ4n) is 3.15. The third-order valence-corrected chi connectivity index (χ3v) is 5.68. The lowest BCUT2D eigenvalue weighted by Gasteiger charge is -2.21.